The molecule has 0 aliphatic carbocycles. The number of carbonyl (C=O) groups excluding carboxylic acids is 2. The van der Waals surface area contributed by atoms with Gasteiger partial charge in [0.1, 0.15) is 11.6 Å². The van der Waals surface area contributed by atoms with Crippen LogP contribution >= 0.6 is 27.7 Å². The number of thioether (sulfide) groups is 1. The van der Waals surface area contributed by atoms with E-state index >= 15 is 0 Å². The van der Waals surface area contributed by atoms with Crippen molar-refractivity contribution in [1.29, 1.82) is 0 Å². The van der Waals surface area contributed by atoms with Crippen molar-refractivity contribution in [3.63, 3.8) is 0 Å². The minimum Gasteiger partial charge on any atom is -0.497 e. The van der Waals surface area contributed by atoms with E-state index in [0.29, 0.717) is 33.7 Å². The number of aromatic nitrogens is 3. The van der Waals surface area contributed by atoms with Crippen LogP contribution < -0.4 is 15.4 Å². The lowest BCUT2D eigenvalue weighted by Crippen LogP contribution is -2.24. The maximum Gasteiger partial charge on any atom is 0.251 e. The molecule has 0 saturated heterocycles. The van der Waals surface area contributed by atoms with Crippen molar-refractivity contribution >= 4 is 45.2 Å². The van der Waals surface area contributed by atoms with E-state index in [4.69, 9.17) is 4.74 Å². The Labute approximate surface area is 219 Å². The molecule has 2 amide bonds. The van der Waals surface area contributed by atoms with Crippen molar-refractivity contribution in [3.8, 4) is 11.4 Å². The first kappa shape index (κ1) is 25.4. The number of hydrogen-bond acceptors (Lipinski definition) is 6. The number of ether oxygens (including phenoxy) is 1. The minimum atomic E-state index is -0.432. The second kappa shape index (κ2) is 11.8. The van der Waals surface area contributed by atoms with E-state index in [1.807, 2.05) is 12.1 Å². The van der Waals surface area contributed by atoms with Gasteiger partial charge in [0.05, 0.1) is 25.1 Å². The predicted octanol–water partition coefficient (Wildman–Crippen LogP) is 4.84. The molecule has 184 valence electrons. The molecule has 0 radical (unpaired) electrons. The Morgan fingerprint density at radius 1 is 1.06 bits per heavy atom. The Kier molecular flexibility index (Phi) is 8.34. The topological polar surface area (TPSA) is 98.1 Å². The smallest absolute Gasteiger partial charge is 0.251 e. The largest absolute Gasteiger partial charge is 0.497 e. The molecule has 4 aromatic rings. The number of halogens is 2. The lowest BCUT2D eigenvalue weighted by molar-refractivity contribution is -0.113. The van der Waals surface area contributed by atoms with Crippen LogP contribution in [0.3, 0.4) is 0 Å². The normalized spacial score (nSPS) is 10.6. The number of benzene rings is 3. The molecule has 0 aliphatic heterocycles. The molecule has 0 bridgehead atoms. The molecule has 8 nitrogen and oxygen atoms in total. The van der Waals surface area contributed by atoms with Crippen LogP contribution in [0.1, 0.15) is 16.2 Å². The third-order valence-corrected chi connectivity index (χ3v) is 6.44. The number of methoxy groups -OCH3 is 1. The van der Waals surface area contributed by atoms with Crippen LogP contribution in [0.5, 0.6) is 5.75 Å². The highest BCUT2D eigenvalue weighted by atomic mass is 79.9. The second-order valence-electron chi connectivity index (χ2n) is 7.47. The van der Waals surface area contributed by atoms with Gasteiger partial charge in [-0.1, -0.05) is 33.8 Å². The van der Waals surface area contributed by atoms with Crippen molar-refractivity contribution in [1.82, 2.24) is 20.1 Å². The lowest BCUT2D eigenvalue weighted by Gasteiger charge is -2.11. The van der Waals surface area contributed by atoms with Gasteiger partial charge in [-0.2, -0.15) is 0 Å². The molecule has 0 spiro atoms. The van der Waals surface area contributed by atoms with E-state index in [1.165, 1.54) is 12.1 Å². The highest BCUT2D eigenvalue weighted by Gasteiger charge is 2.17. The van der Waals surface area contributed by atoms with E-state index in [9.17, 15) is 14.0 Å². The summed E-state index contributed by atoms with van der Waals surface area (Å²) in [7, 11) is 1.55. The highest BCUT2D eigenvalue weighted by molar-refractivity contribution is 9.10. The van der Waals surface area contributed by atoms with Crippen LogP contribution in [-0.4, -0.2) is 39.4 Å². The van der Waals surface area contributed by atoms with Gasteiger partial charge in [0.25, 0.3) is 5.91 Å². The van der Waals surface area contributed by atoms with Gasteiger partial charge in [-0.3, -0.25) is 14.2 Å². The first-order valence-electron chi connectivity index (χ1n) is 10.7. The van der Waals surface area contributed by atoms with Gasteiger partial charge in [-0.05, 0) is 66.7 Å². The fraction of sp³-hybridized carbons (Fsp3) is 0.120. The van der Waals surface area contributed by atoms with Gasteiger partial charge in [-0.25, -0.2) is 4.39 Å². The third-order valence-electron chi connectivity index (χ3n) is 4.99. The maximum absolute atomic E-state index is 14.0. The molecular formula is C25H21BrFN5O3S. The van der Waals surface area contributed by atoms with E-state index < -0.39 is 5.82 Å². The molecule has 0 atom stereocenters. The molecule has 2 N–H and O–H groups in total. The molecule has 0 aliphatic rings. The van der Waals surface area contributed by atoms with Crippen molar-refractivity contribution in [2.45, 2.75) is 11.7 Å². The standard InChI is InChI=1S/C25H21BrFN5O3S/c1-35-21-11-5-16(6-12-21)24(34)28-14-22-30-31-25(32(22)20-4-2-3-18(27)13-20)36-15-23(33)29-19-9-7-17(26)8-10-19/h2-13H,14-15H2,1H3,(H,28,34)(H,29,33). The summed E-state index contributed by atoms with van der Waals surface area (Å²) < 4.78 is 21.6. The number of rotatable bonds is 9. The average Bonchev–Trinajstić information content (AvgIpc) is 3.30. The summed E-state index contributed by atoms with van der Waals surface area (Å²) in [5.41, 5.74) is 1.59. The average molecular weight is 570 g/mol. The maximum atomic E-state index is 14.0. The molecule has 36 heavy (non-hydrogen) atoms. The number of nitrogens with one attached hydrogen (secondary N) is 2. The fourth-order valence-corrected chi connectivity index (χ4v) is 4.28. The Hall–Kier alpha value is -3.70. The lowest BCUT2D eigenvalue weighted by atomic mass is 10.2. The number of amides is 2. The minimum absolute atomic E-state index is 0.0417. The summed E-state index contributed by atoms with van der Waals surface area (Å²) in [6, 6.07) is 19.8. The van der Waals surface area contributed by atoms with Crippen LogP contribution in [0.15, 0.2) is 82.4 Å². The van der Waals surface area contributed by atoms with Gasteiger partial charge in [0.15, 0.2) is 11.0 Å². The highest BCUT2D eigenvalue weighted by Crippen LogP contribution is 2.23. The summed E-state index contributed by atoms with van der Waals surface area (Å²) in [6.07, 6.45) is 0. The number of carbonyl (C=O) groups is 2. The van der Waals surface area contributed by atoms with Gasteiger partial charge in [0, 0.05) is 15.7 Å². The second-order valence-corrected chi connectivity index (χ2v) is 9.33. The Morgan fingerprint density at radius 3 is 2.50 bits per heavy atom. The summed E-state index contributed by atoms with van der Waals surface area (Å²) in [5.74, 6) is 0.113. The van der Waals surface area contributed by atoms with E-state index in [0.717, 1.165) is 16.2 Å². The van der Waals surface area contributed by atoms with Crippen molar-refractivity contribution < 1.29 is 18.7 Å². The van der Waals surface area contributed by atoms with Crippen LogP contribution in [0.2, 0.25) is 0 Å². The Bertz CT molecular complexity index is 1360. The Balaban J connectivity index is 1.49. The predicted molar refractivity (Wildman–Crippen MR) is 139 cm³/mol. The van der Waals surface area contributed by atoms with Crippen molar-refractivity contribution in [2.24, 2.45) is 0 Å². The molecule has 11 heteroatoms. The number of nitrogens with zero attached hydrogens (tertiary/aromatic N) is 3. The molecule has 0 saturated carbocycles. The van der Waals surface area contributed by atoms with Crippen LogP contribution in [0.4, 0.5) is 10.1 Å². The van der Waals surface area contributed by atoms with Gasteiger partial charge in [0.2, 0.25) is 5.91 Å². The van der Waals surface area contributed by atoms with Gasteiger partial charge in [-0.15, -0.1) is 10.2 Å². The molecule has 1 aromatic heterocycles. The Morgan fingerprint density at radius 2 is 1.81 bits per heavy atom. The summed E-state index contributed by atoms with van der Waals surface area (Å²) in [4.78, 5) is 25.1. The molecular weight excluding hydrogens is 549 g/mol. The number of hydrogen-bond donors (Lipinski definition) is 2. The first-order chi connectivity index (χ1) is 17.4. The van der Waals surface area contributed by atoms with Crippen LogP contribution in [0.25, 0.3) is 5.69 Å². The fourth-order valence-electron chi connectivity index (χ4n) is 3.25. The molecule has 3 aromatic carbocycles. The molecule has 1 heterocycles. The van der Waals surface area contributed by atoms with Gasteiger partial charge < -0.3 is 15.4 Å². The summed E-state index contributed by atoms with van der Waals surface area (Å²) >= 11 is 4.51. The zero-order valence-electron chi connectivity index (χ0n) is 19.1. The summed E-state index contributed by atoms with van der Waals surface area (Å²) in [5, 5.41) is 14.4. The number of anilines is 1. The molecule has 0 unspecified atom stereocenters. The van der Waals surface area contributed by atoms with E-state index in [1.54, 1.807) is 60.2 Å². The van der Waals surface area contributed by atoms with Crippen LogP contribution in [-0.2, 0) is 11.3 Å². The zero-order valence-corrected chi connectivity index (χ0v) is 21.5. The van der Waals surface area contributed by atoms with Crippen LogP contribution in [0, 0.1) is 5.82 Å². The zero-order chi connectivity index (χ0) is 25.5. The monoisotopic (exact) mass is 569 g/mol. The molecule has 4 rings (SSSR count). The summed E-state index contributed by atoms with van der Waals surface area (Å²) in [6.45, 7) is 0.0417. The van der Waals surface area contributed by atoms with Gasteiger partial charge >= 0.3 is 0 Å². The SMILES string of the molecule is COc1ccc(C(=O)NCc2nnc(SCC(=O)Nc3ccc(Br)cc3)n2-c2cccc(F)c2)cc1. The van der Waals surface area contributed by atoms with Crippen molar-refractivity contribution in [2.75, 3.05) is 18.2 Å². The quantitative estimate of drug-likeness (QED) is 0.280. The third kappa shape index (κ3) is 6.49. The van der Waals surface area contributed by atoms with Crippen molar-refractivity contribution in [3.05, 3.63) is 94.5 Å². The van der Waals surface area contributed by atoms with E-state index in [2.05, 4.69) is 36.8 Å². The molecule has 0 fully saturated rings. The van der Waals surface area contributed by atoms with E-state index in [-0.39, 0.29) is 24.1 Å². The first-order valence-corrected chi connectivity index (χ1v) is 12.5.